The lowest BCUT2D eigenvalue weighted by Crippen LogP contribution is -2.12. The molecule has 0 radical (unpaired) electrons. The summed E-state index contributed by atoms with van der Waals surface area (Å²) in [5.41, 5.74) is 1.03. The molecule has 3 aromatic rings. The highest BCUT2D eigenvalue weighted by molar-refractivity contribution is 6.15. The van der Waals surface area contributed by atoms with Gasteiger partial charge < -0.3 is 24.5 Å². The highest BCUT2D eigenvalue weighted by Gasteiger charge is 2.23. The minimum atomic E-state index is -0.512. The van der Waals surface area contributed by atoms with Crippen LogP contribution in [0.4, 0.5) is 10.1 Å². The van der Waals surface area contributed by atoms with Crippen LogP contribution in [-0.2, 0) is 0 Å². The number of carbonyl (C=O) groups excluding carboxylic acids is 1. The van der Waals surface area contributed by atoms with Crippen LogP contribution in [0.25, 0.3) is 10.9 Å². The van der Waals surface area contributed by atoms with Crippen molar-refractivity contribution in [2.75, 3.05) is 26.6 Å². The van der Waals surface area contributed by atoms with Crippen molar-refractivity contribution >= 4 is 22.5 Å². The Labute approximate surface area is 143 Å². The van der Waals surface area contributed by atoms with Crippen LogP contribution in [-0.4, -0.2) is 32.2 Å². The van der Waals surface area contributed by atoms with Crippen molar-refractivity contribution in [1.82, 2.24) is 4.98 Å². The number of amides is 1. The molecular formula is C18H17FN2O4. The van der Waals surface area contributed by atoms with Gasteiger partial charge in [-0.1, -0.05) is 12.1 Å². The standard InChI is InChI=1S/C18H17FN2O4/c1-23-14-8-13-15(17(25-3)16(14)24-2)10(9-20-13)18(22)21-12-7-5-4-6-11(12)19/h4-9,20H,1-3H3,(H,21,22). The van der Waals surface area contributed by atoms with E-state index in [1.165, 1.54) is 39.7 Å². The fourth-order valence-electron chi connectivity index (χ4n) is 2.69. The summed E-state index contributed by atoms with van der Waals surface area (Å²) in [7, 11) is 4.47. The molecule has 0 atom stereocenters. The number of aromatic amines is 1. The maximum absolute atomic E-state index is 13.8. The van der Waals surface area contributed by atoms with E-state index in [0.717, 1.165) is 0 Å². The third-order valence-corrected chi connectivity index (χ3v) is 3.84. The van der Waals surface area contributed by atoms with Gasteiger partial charge in [0.25, 0.3) is 5.91 Å². The smallest absolute Gasteiger partial charge is 0.258 e. The Morgan fingerprint density at radius 3 is 2.44 bits per heavy atom. The summed E-state index contributed by atoms with van der Waals surface area (Å²) in [4.78, 5) is 15.6. The zero-order valence-electron chi connectivity index (χ0n) is 14.0. The maximum Gasteiger partial charge on any atom is 0.258 e. The van der Waals surface area contributed by atoms with Gasteiger partial charge in [0, 0.05) is 12.3 Å². The number of anilines is 1. The van der Waals surface area contributed by atoms with E-state index in [1.54, 1.807) is 18.2 Å². The zero-order chi connectivity index (χ0) is 18.0. The molecular weight excluding hydrogens is 327 g/mol. The number of hydrogen-bond acceptors (Lipinski definition) is 4. The van der Waals surface area contributed by atoms with Gasteiger partial charge in [0.15, 0.2) is 11.5 Å². The quantitative estimate of drug-likeness (QED) is 0.742. The lowest BCUT2D eigenvalue weighted by Gasteiger charge is -2.14. The van der Waals surface area contributed by atoms with Crippen molar-refractivity contribution in [2.45, 2.75) is 0 Å². The highest BCUT2D eigenvalue weighted by atomic mass is 19.1. The molecule has 2 N–H and O–H groups in total. The molecule has 0 saturated carbocycles. The predicted molar refractivity (Wildman–Crippen MR) is 92.3 cm³/mol. The summed E-state index contributed by atoms with van der Waals surface area (Å²) in [6.45, 7) is 0. The largest absolute Gasteiger partial charge is 0.493 e. The Balaban J connectivity index is 2.11. The minimum Gasteiger partial charge on any atom is -0.493 e. The van der Waals surface area contributed by atoms with Gasteiger partial charge in [-0.3, -0.25) is 4.79 Å². The number of benzene rings is 2. The van der Waals surface area contributed by atoms with E-state index < -0.39 is 11.7 Å². The summed E-state index contributed by atoms with van der Waals surface area (Å²) < 4.78 is 29.9. The molecule has 3 rings (SSSR count). The number of halogens is 1. The van der Waals surface area contributed by atoms with E-state index in [1.807, 2.05) is 0 Å². The second-order valence-corrected chi connectivity index (χ2v) is 5.20. The van der Waals surface area contributed by atoms with Gasteiger partial charge in [0.1, 0.15) is 5.82 Å². The molecule has 6 nitrogen and oxygen atoms in total. The molecule has 1 amide bonds. The van der Waals surface area contributed by atoms with E-state index in [2.05, 4.69) is 10.3 Å². The third-order valence-electron chi connectivity index (χ3n) is 3.84. The van der Waals surface area contributed by atoms with E-state index in [-0.39, 0.29) is 5.69 Å². The molecule has 0 spiro atoms. The van der Waals surface area contributed by atoms with Crippen molar-refractivity contribution in [2.24, 2.45) is 0 Å². The fraction of sp³-hybridized carbons (Fsp3) is 0.167. The number of fused-ring (bicyclic) bond motifs is 1. The molecule has 25 heavy (non-hydrogen) atoms. The first-order chi connectivity index (χ1) is 12.1. The molecule has 7 heteroatoms. The zero-order valence-corrected chi connectivity index (χ0v) is 14.0. The summed E-state index contributed by atoms with van der Waals surface area (Å²) >= 11 is 0. The van der Waals surface area contributed by atoms with Crippen LogP contribution < -0.4 is 19.5 Å². The van der Waals surface area contributed by atoms with Crippen LogP contribution >= 0.6 is 0 Å². The second kappa shape index (κ2) is 6.72. The Bertz CT molecular complexity index is 936. The van der Waals surface area contributed by atoms with Gasteiger partial charge >= 0.3 is 0 Å². The van der Waals surface area contributed by atoms with Crippen LogP contribution in [0.5, 0.6) is 17.2 Å². The van der Waals surface area contributed by atoms with Crippen molar-refractivity contribution in [3.63, 3.8) is 0 Å². The molecule has 2 aromatic carbocycles. The lowest BCUT2D eigenvalue weighted by atomic mass is 10.1. The second-order valence-electron chi connectivity index (χ2n) is 5.20. The van der Waals surface area contributed by atoms with Gasteiger partial charge in [-0.2, -0.15) is 0 Å². The monoisotopic (exact) mass is 344 g/mol. The normalized spacial score (nSPS) is 10.6. The van der Waals surface area contributed by atoms with Crippen LogP contribution in [0.3, 0.4) is 0 Å². The Kier molecular flexibility index (Phi) is 4.47. The summed E-state index contributed by atoms with van der Waals surface area (Å²) in [5.74, 6) is 0.215. The number of carbonyl (C=O) groups is 1. The first-order valence-corrected chi connectivity index (χ1v) is 7.46. The summed E-state index contributed by atoms with van der Waals surface area (Å²) in [6.07, 6.45) is 1.53. The molecule has 1 aromatic heterocycles. The number of H-pyrrole nitrogens is 1. The van der Waals surface area contributed by atoms with Crippen LogP contribution in [0.15, 0.2) is 36.5 Å². The number of aromatic nitrogens is 1. The Morgan fingerprint density at radius 2 is 1.80 bits per heavy atom. The van der Waals surface area contributed by atoms with Gasteiger partial charge in [-0.05, 0) is 12.1 Å². The molecule has 1 heterocycles. The molecule has 0 fully saturated rings. The average Bonchev–Trinajstić information content (AvgIpc) is 3.05. The first-order valence-electron chi connectivity index (χ1n) is 7.46. The molecule has 0 aliphatic rings. The number of hydrogen-bond donors (Lipinski definition) is 2. The van der Waals surface area contributed by atoms with E-state index >= 15 is 0 Å². The predicted octanol–water partition coefficient (Wildman–Crippen LogP) is 3.59. The van der Waals surface area contributed by atoms with E-state index in [9.17, 15) is 9.18 Å². The molecule has 130 valence electrons. The molecule has 0 aliphatic carbocycles. The topological polar surface area (TPSA) is 72.6 Å². The molecule has 0 aliphatic heterocycles. The maximum atomic E-state index is 13.8. The van der Waals surface area contributed by atoms with Crippen molar-refractivity contribution in [3.05, 3.63) is 47.9 Å². The van der Waals surface area contributed by atoms with E-state index in [4.69, 9.17) is 14.2 Å². The molecule has 0 bridgehead atoms. The number of para-hydroxylation sites is 1. The first kappa shape index (κ1) is 16.6. The Morgan fingerprint density at radius 1 is 1.08 bits per heavy atom. The molecule has 0 unspecified atom stereocenters. The summed E-state index contributed by atoms with van der Waals surface area (Å²) in [5, 5.41) is 3.08. The van der Waals surface area contributed by atoms with Gasteiger partial charge in [0.2, 0.25) is 5.75 Å². The SMILES string of the molecule is COc1cc2[nH]cc(C(=O)Nc3ccccc3F)c2c(OC)c1OC. The highest BCUT2D eigenvalue weighted by Crippen LogP contribution is 2.44. The van der Waals surface area contributed by atoms with Crippen molar-refractivity contribution in [1.29, 1.82) is 0 Å². The van der Waals surface area contributed by atoms with Gasteiger partial charge in [-0.25, -0.2) is 4.39 Å². The number of ether oxygens (including phenoxy) is 3. The van der Waals surface area contributed by atoms with Crippen LogP contribution in [0, 0.1) is 5.82 Å². The van der Waals surface area contributed by atoms with Crippen LogP contribution in [0.2, 0.25) is 0 Å². The summed E-state index contributed by atoms with van der Waals surface area (Å²) in [6, 6.07) is 7.66. The van der Waals surface area contributed by atoms with Gasteiger partial charge in [-0.15, -0.1) is 0 Å². The average molecular weight is 344 g/mol. The number of methoxy groups -OCH3 is 3. The van der Waals surface area contributed by atoms with Crippen molar-refractivity contribution < 1.29 is 23.4 Å². The fourth-order valence-corrected chi connectivity index (χ4v) is 2.69. The lowest BCUT2D eigenvalue weighted by molar-refractivity contribution is 0.102. The van der Waals surface area contributed by atoms with Crippen molar-refractivity contribution in [3.8, 4) is 17.2 Å². The minimum absolute atomic E-state index is 0.0984. The van der Waals surface area contributed by atoms with Gasteiger partial charge in [0.05, 0.1) is 43.5 Å². The number of rotatable bonds is 5. The third kappa shape index (κ3) is 2.84. The number of nitrogens with one attached hydrogen (secondary N) is 2. The van der Waals surface area contributed by atoms with E-state index in [0.29, 0.717) is 33.7 Å². The molecule has 0 saturated heterocycles. The Hall–Kier alpha value is -3.22. The van der Waals surface area contributed by atoms with Crippen LogP contribution in [0.1, 0.15) is 10.4 Å².